The van der Waals surface area contributed by atoms with Crippen LogP contribution in [0.1, 0.15) is 24.0 Å². The van der Waals surface area contributed by atoms with E-state index in [9.17, 15) is 0 Å². The Morgan fingerprint density at radius 3 is 2.95 bits per heavy atom. The third-order valence-electron chi connectivity index (χ3n) is 4.06. The molecule has 3 nitrogen and oxygen atoms in total. The van der Waals surface area contributed by atoms with Crippen LogP contribution in [0.15, 0.2) is 65.6 Å². The summed E-state index contributed by atoms with van der Waals surface area (Å²) in [5, 5.41) is 1.26. The van der Waals surface area contributed by atoms with E-state index >= 15 is 0 Å². The van der Waals surface area contributed by atoms with Gasteiger partial charge in [0, 0.05) is 47.2 Å². The number of rotatable bonds is 2. The zero-order valence-corrected chi connectivity index (χ0v) is 12.3. The van der Waals surface area contributed by atoms with E-state index in [2.05, 4.69) is 52.6 Å². The summed E-state index contributed by atoms with van der Waals surface area (Å²) in [4.78, 5) is 12.3. The predicted molar refractivity (Wildman–Crippen MR) is 91.2 cm³/mol. The normalized spacial score (nSPS) is 16.9. The Kier molecular flexibility index (Phi) is 3.31. The molecule has 1 aromatic carbocycles. The highest BCUT2D eigenvalue weighted by Crippen LogP contribution is 2.25. The van der Waals surface area contributed by atoms with Crippen LogP contribution in [-0.2, 0) is 0 Å². The van der Waals surface area contributed by atoms with Gasteiger partial charge in [0.2, 0.25) is 0 Å². The SMILES string of the molecule is C(=C1/CCCN=C1c1cccnc1)/c1c[nH]c2ccccc12. The molecule has 0 spiro atoms. The lowest BCUT2D eigenvalue weighted by molar-refractivity contribution is 0.818. The van der Waals surface area contributed by atoms with Gasteiger partial charge in [-0.05, 0) is 42.7 Å². The number of hydrogen-bond acceptors (Lipinski definition) is 2. The monoisotopic (exact) mass is 287 g/mol. The molecule has 0 bridgehead atoms. The highest BCUT2D eigenvalue weighted by Gasteiger charge is 2.14. The minimum Gasteiger partial charge on any atom is -0.361 e. The molecule has 2 aromatic heterocycles. The van der Waals surface area contributed by atoms with Gasteiger partial charge in [0.15, 0.2) is 0 Å². The second-order valence-electron chi connectivity index (χ2n) is 5.53. The first-order valence-electron chi connectivity index (χ1n) is 7.64. The molecule has 0 saturated carbocycles. The quantitative estimate of drug-likeness (QED) is 0.753. The van der Waals surface area contributed by atoms with Crippen molar-refractivity contribution >= 4 is 22.7 Å². The molecule has 108 valence electrons. The Hall–Kier alpha value is -2.68. The third kappa shape index (κ3) is 2.35. The van der Waals surface area contributed by atoms with Gasteiger partial charge in [-0.2, -0.15) is 0 Å². The minimum atomic E-state index is 0.898. The van der Waals surface area contributed by atoms with Crippen molar-refractivity contribution in [2.24, 2.45) is 4.99 Å². The molecule has 0 fully saturated rings. The summed E-state index contributed by atoms with van der Waals surface area (Å²) in [5.41, 5.74) is 5.89. The molecule has 1 aliphatic heterocycles. The Morgan fingerprint density at radius 1 is 1.09 bits per heavy atom. The number of para-hydroxylation sites is 1. The van der Waals surface area contributed by atoms with Gasteiger partial charge in [-0.25, -0.2) is 0 Å². The molecule has 0 radical (unpaired) electrons. The summed E-state index contributed by atoms with van der Waals surface area (Å²) < 4.78 is 0. The summed E-state index contributed by atoms with van der Waals surface area (Å²) in [6.45, 7) is 0.898. The first kappa shape index (κ1) is 13.0. The van der Waals surface area contributed by atoms with E-state index in [0.29, 0.717) is 0 Å². The molecule has 3 heteroatoms. The fourth-order valence-corrected chi connectivity index (χ4v) is 3.00. The summed E-state index contributed by atoms with van der Waals surface area (Å²) in [6.07, 6.45) is 10.2. The van der Waals surface area contributed by atoms with Crippen molar-refractivity contribution in [2.45, 2.75) is 12.8 Å². The number of H-pyrrole nitrogens is 1. The van der Waals surface area contributed by atoms with Crippen LogP contribution in [0.3, 0.4) is 0 Å². The Morgan fingerprint density at radius 2 is 2.05 bits per heavy atom. The first-order valence-corrected chi connectivity index (χ1v) is 7.64. The van der Waals surface area contributed by atoms with Crippen molar-refractivity contribution < 1.29 is 0 Å². The average Bonchev–Trinajstić information content (AvgIpc) is 2.99. The van der Waals surface area contributed by atoms with Gasteiger partial charge < -0.3 is 4.98 Å². The third-order valence-corrected chi connectivity index (χ3v) is 4.06. The highest BCUT2D eigenvalue weighted by molar-refractivity contribution is 6.15. The molecular formula is C19H17N3. The summed E-state index contributed by atoms with van der Waals surface area (Å²) in [6, 6.07) is 12.4. The largest absolute Gasteiger partial charge is 0.361 e. The van der Waals surface area contributed by atoms with E-state index in [0.717, 1.165) is 30.7 Å². The Labute approximate surface area is 129 Å². The van der Waals surface area contributed by atoms with Crippen molar-refractivity contribution in [2.75, 3.05) is 6.54 Å². The van der Waals surface area contributed by atoms with E-state index in [1.165, 1.54) is 22.0 Å². The van der Waals surface area contributed by atoms with E-state index in [1.807, 2.05) is 12.3 Å². The number of allylic oxidation sites excluding steroid dienone is 1. The minimum absolute atomic E-state index is 0.898. The molecule has 3 aromatic rings. The van der Waals surface area contributed by atoms with Crippen LogP contribution in [-0.4, -0.2) is 22.2 Å². The number of benzene rings is 1. The fraction of sp³-hybridized carbons (Fsp3) is 0.158. The predicted octanol–water partition coefficient (Wildman–Crippen LogP) is 4.23. The van der Waals surface area contributed by atoms with Crippen molar-refractivity contribution in [1.29, 1.82) is 0 Å². The van der Waals surface area contributed by atoms with Gasteiger partial charge >= 0.3 is 0 Å². The van der Waals surface area contributed by atoms with Crippen LogP contribution >= 0.6 is 0 Å². The lowest BCUT2D eigenvalue weighted by Gasteiger charge is -2.16. The maximum absolute atomic E-state index is 4.74. The second kappa shape index (κ2) is 5.60. The number of aliphatic imine (C=N–C) groups is 1. The van der Waals surface area contributed by atoms with E-state index in [4.69, 9.17) is 4.99 Å². The van der Waals surface area contributed by atoms with Gasteiger partial charge in [-0.1, -0.05) is 18.2 Å². The second-order valence-corrected chi connectivity index (χ2v) is 5.53. The standard InChI is InChI=1S/C19H17N3/c1-2-8-18-17(7-1)16(13-22-18)11-14-5-4-10-21-19(14)15-6-3-9-20-12-15/h1-3,6-9,11-13,22H,4-5,10H2/b14-11+. The number of aromatic amines is 1. The molecular weight excluding hydrogens is 270 g/mol. The fourth-order valence-electron chi connectivity index (χ4n) is 3.00. The van der Waals surface area contributed by atoms with Crippen LogP contribution in [0.4, 0.5) is 0 Å². The lowest BCUT2D eigenvalue weighted by Crippen LogP contribution is -2.11. The van der Waals surface area contributed by atoms with Gasteiger partial charge in [-0.3, -0.25) is 9.98 Å². The van der Waals surface area contributed by atoms with Crippen LogP contribution < -0.4 is 0 Å². The molecule has 0 saturated heterocycles. The summed E-state index contributed by atoms with van der Waals surface area (Å²) in [7, 11) is 0. The van der Waals surface area contributed by atoms with Crippen LogP contribution in [0.5, 0.6) is 0 Å². The maximum Gasteiger partial charge on any atom is 0.0694 e. The summed E-state index contributed by atoms with van der Waals surface area (Å²) in [5.74, 6) is 0. The number of aromatic nitrogens is 2. The first-order chi connectivity index (χ1) is 10.9. The highest BCUT2D eigenvalue weighted by atomic mass is 14.8. The van der Waals surface area contributed by atoms with Gasteiger partial charge in [-0.15, -0.1) is 0 Å². The number of fused-ring (bicyclic) bond motifs is 1. The van der Waals surface area contributed by atoms with Crippen molar-refractivity contribution in [1.82, 2.24) is 9.97 Å². The van der Waals surface area contributed by atoms with E-state index in [-0.39, 0.29) is 0 Å². The summed E-state index contributed by atoms with van der Waals surface area (Å²) >= 11 is 0. The van der Waals surface area contributed by atoms with Crippen LogP contribution in [0.2, 0.25) is 0 Å². The number of hydrogen-bond donors (Lipinski definition) is 1. The molecule has 22 heavy (non-hydrogen) atoms. The lowest BCUT2D eigenvalue weighted by atomic mass is 9.95. The molecule has 1 N–H and O–H groups in total. The van der Waals surface area contributed by atoms with E-state index in [1.54, 1.807) is 6.20 Å². The molecule has 4 rings (SSSR count). The van der Waals surface area contributed by atoms with Crippen molar-refractivity contribution in [3.05, 3.63) is 71.7 Å². The Bertz CT molecular complexity index is 857. The number of pyridine rings is 1. The molecule has 0 unspecified atom stereocenters. The number of nitrogens with zero attached hydrogens (tertiary/aromatic N) is 2. The molecule has 1 aliphatic rings. The van der Waals surface area contributed by atoms with Crippen LogP contribution in [0, 0.1) is 0 Å². The zero-order valence-electron chi connectivity index (χ0n) is 12.3. The van der Waals surface area contributed by atoms with E-state index < -0.39 is 0 Å². The van der Waals surface area contributed by atoms with Crippen LogP contribution in [0.25, 0.3) is 17.0 Å². The molecule has 0 amide bonds. The maximum atomic E-state index is 4.74. The topological polar surface area (TPSA) is 41.0 Å². The van der Waals surface area contributed by atoms with Gasteiger partial charge in [0.25, 0.3) is 0 Å². The van der Waals surface area contributed by atoms with Crippen molar-refractivity contribution in [3.8, 4) is 0 Å². The number of nitrogens with one attached hydrogen (secondary N) is 1. The average molecular weight is 287 g/mol. The molecule has 3 heterocycles. The van der Waals surface area contributed by atoms with Crippen molar-refractivity contribution in [3.63, 3.8) is 0 Å². The zero-order chi connectivity index (χ0) is 14.8. The Balaban J connectivity index is 1.80. The molecule has 0 aliphatic carbocycles. The van der Waals surface area contributed by atoms with Gasteiger partial charge in [0.1, 0.15) is 0 Å². The van der Waals surface area contributed by atoms with Gasteiger partial charge in [0.05, 0.1) is 5.71 Å². The smallest absolute Gasteiger partial charge is 0.0694 e. The molecule has 0 atom stereocenters.